The number of aromatic amines is 1. The van der Waals surface area contributed by atoms with Crippen molar-refractivity contribution in [2.45, 2.75) is 31.8 Å². The average Bonchev–Trinajstić information content (AvgIpc) is 2.75. The highest BCUT2D eigenvalue weighted by molar-refractivity contribution is 14.1. The first-order valence-electron chi connectivity index (χ1n) is 5.87. The van der Waals surface area contributed by atoms with E-state index in [2.05, 4.69) is 4.98 Å². The topological polar surface area (TPSA) is 111 Å². The molecule has 2 heterocycles. The van der Waals surface area contributed by atoms with Gasteiger partial charge in [0.05, 0.1) is 10.2 Å². The Morgan fingerprint density at radius 1 is 1.65 bits per heavy atom. The highest BCUT2D eigenvalue weighted by atomic mass is 127. The Balaban J connectivity index is 2.27. The SMILES string of the molecule is CC(=O)O[C@@H]1C[C@H](n2cc(I)c(=O)[nH]c2=O)O[C@@H]1CO. The smallest absolute Gasteiger partial charge is 0.330 e. The second-order valence-electron chi connectivity index (χ2n) is 4.34. The third-order valence-electron chi connectivity index (χ3n) is 2.91. The number of nitrogens with one attached hydrogen (secondary N) is 1. The minimum Gasteiger partial charge on any atom is -0.460 e. The number of esters is 1. The van der Waals surface area contributed by atoms with E-state index < -0.39 is 35.7 Å². The molecule has 3 atom stereocenters. The first-order chi connectivity index (χ1) is 9.42. The molecule has 1 saturated heterocycles. The number of carbonyl (C=O) groups is 1. The number of carbonyl (C=O) groups excluding carboxylic acids is 1. The van der Waals surface area contributed by atoms with Crippen LogP contribution in [0.25, 0.3) is 0 Å². The predicted octanol–water partition coefficient (Wildman–Crippen LogP) is -0.647. The highest BCUT2D eigenvalue weighted by Crippen LogP contribution is 2.29. The molecule has 9 heteroatoms. The zero-order valence-electron chi connectivity index (χ0n) is 10.5. The van der Waals surface area contributed by atoms with E-state index in [1.165, 1.54) is 17.7 Å². The molecule has 0 saturated carbocycles. The average molecular weight is 396 g/mol. The molecule has 0 aliphatic carbocycles. The fourth-order valence-electron chi connectivity index (χ4n) is 2.05. The fraction of sp³-hybridized carbons (Fsp3) is 0.545. The van der Waals surface area contributed by atoms with Crippen LogP contribution in [-0.2, 0) is 14.3 Å². The Labute approximate surface area is 126 Å². The van der Waals surface area contributed by atoms with Gasteiger partial charge in [0, 0.05) is 19.5 Å². The van der Waals surface area contributed by atoms with Gasteiger partial charge in [-0.05, 0) is 22.6 Å². The lowest BCUT2D eigenvalue weighted by atomic mass is 10.2. The fourth-order valence-corrected chi connectivity index (χ4v) is 2.48. The van der Waals surface area contributed by atoms with Gasteiger partial charge in [0.2, 0.25) is 0 Å². The van der Waals surface area contributed by atoms with Crippen LogP contribution in [-0.4, -0.2) is 39.4 Å². The van der Waals surface area contributed by atoms with Crippen LogP contribution in [0.3, 0.4) is 0 Å². The number of hydrogen-bond donors (Lipinski definition) is 2. The normalized spacial score (nSPS) is 25.6. The summed E-state index contributed by atoms with van der Waals surface area (Å²) in [4.78, 5) is 36.2. The van der Waals surface area contributed by atoms with Crippen molar-refractivity contribution >= 4 is 28.6 Å². The Morgan fingerprint density at radius 2 is 2.35 bits per heavy atom. The molecule has 0 unspecified atom stereocenters. The molecule has 1 aromatic rings. The van der Waals surface area contributed by atoms with E-state index in [1.807, 2.05) is 0 Å². The summed E-state index contributed by atoms with van der Waals surface area (Å²) in [6.07, 6.45) is -0.419. The van der Waals surface area contributed by atoms with Gasteiger partial charge in [-0.3, -0.25) is 19.1 Å². The van der Waals surface area contributed by atoms with Gasteiger partial charge < -0.3 is 14.6 Å². The Morgan fingerprint density at radius 3 is 2.95 bits per heavy atom. The molecule has 0 spiro atoms. The van der Waals surface area contributed by atoms with E-state index in [0.29, 0.717) is 3.57 Å². The standard InChI is InChI=1S/C11H13IN2O6/c1-5(16)19-7-2-9(20-8(7)4-15)14-3-6(12)10(17)13-11(14)18/h3,7-9,15H,2,4H2,1H3,(H,13,17,18)/t7-,8-,9-/m1/s1. The number of halogens is 1. The van der Waals surface area contributed by atoms with Crippen molar-refractivity contribution in [3.63, 3.8) is 0 Å². The summed E-state index contributed by atoms with van der Waals surface area (Å²) in [7, 11) is 0. The minimum atomic E-state index is -0.700. The first-order valence-corrected chi connectivity index (χ1v) is 6.94. The van der Waals surface area contributed by atoms with Crippen LogP contribution in [0, 0.1) is 3.57 Å². The minimum absolute atomic E-state index is 0.229. The number of aromatic nitrogens is 2. The molecule has 0 aromatic carbocycles. The van der Waals surface area contributed by atoms with Crippen LogP contribution >= 0.6 is 22.6 Å². The zero-order chi connectivity index (χ0) is 14.9. The number of aliphatic hydroxyl groups excluding tert-OH is 1. The van der Waals surface area contributed by atoms with Crippen LogP contribution in [0.5, 0.6) is 0 Å². The highest BCUT2D eigenvalue weighted by Gasteiger charge is 2.38. The molecule has 20 heavy (non-hydrogen) atoms. The van der Waals surface area contributed by atoms with Gasteiger partial charge in [-0.25, -0.2) is 4.79 Å². The van der Waals surface area contributed by atoms with E-state index in [9.17, 15) is 19.5 Å². The number of hydrogen-bond acceptors (Lipinski definition) is 6. The maximum atomic E-state index is 11.8. The second kappa shape index (κ2) is 6.06. The Kier molecular flexibility index (Phi) is 4.60. The number of aliphatic hydroxyl groups is 1. The van der Waals surface area contributed by atoms with Crippen LogP contribution < -0.4 is 11.2 Å². The van der Waals surface area contributed by atoms with E-state index >= 15 is 0 Å². The summed E-state index contributed by atoms with van der Waals surface area (Å²) in [5.74, 6) is -0.485. The molecule has 0 bridgehead atoms. The molecule has 0 amide bonds. The van der Waals surface area contributed by atoms with E-state index in [4.69, 9.17) is 9.47 Å². The van der Waals surface area contributed by atoms with Crippen molar-refractivity contribution < 1.29 is 19.4 Å². The molecule has 0 radical (unpaired) electrons. The molecule has 1 aliphatic rings. The van der Waals surface area contributed by atoms with Crippen molar-refractivity contribution in [1.82, 2.24) is 9.55 Å². The maximum absolute atomic E-state index is 11.8. The lowest BCUT2D eigenvalue weighted by Gasteiger charge is -2.15. The molecule has 1 fully saturated rings. The van der Waals surface area contributed by atoms with Gasteiger partial charge in [0.25, 0.3) is 5.56 Å². The van der Waals surface area contributed by atoms with Gasteiger partial charge in [-0.2, -0.15) is 0 Å². The molecular formula is C11H13IN2O6. The third-order valence-corrected chi connectivity index (χ3v) is 3.68. The zero-order valence-corrected chi connectivity index (χ0v) is 12.7. The summed E-state index contributed by atoms with van der Waals surface area (Å²) in [6, 6.07) is 0. The van der Waals surface area contributed by atoms with Gasteiger partial charge >= 0.3 is 11.7 Å². The summed E-state index contributed by atoms with van der Waals surface area (Å²) in [5.41, 5.74) is -1.08. The number of ether oxygens (including phenoxy) is 2. The molecule has 2 rings (SSSR count). The quantitative estimate of drug-likeness (QED) is 0.519. The largest absolute Gasteiger partial charge is 0.460 e. The summed E-state index contributed by atoms with van der Waals surface area (Å²) in [5, 5.41) is 9.22. The van der Waals surface area contributed by atoms with Gasteiger partial charge in [-0.15, -0.1) is 0 Å². The van der Waals surface area contributed by atoms with Crippen LogP contribution in [0.4, 0.5) is 0 Å². The lowest BCUT2D eigenvalue weighted by molar-refractivity contribution is -0.150. The van der Waals surface area contributed by atoms with Crippen molar-refractivity contribution in [3.8, 4) is 0 Å². The number of nitrogens with zero attached hydrogens (tertiary/aromatic N) is 1. The van der Waals surface area contributed by atoms with E-state index in [-0.39, 0.29) is 13.0 Å². The van der Waals surface area contributed by atoms with E-state index in [1.54, 1.807) is 22.6 Å². The number of rotatable bonds is 3. The third kappa shape index (κ3) is 3.10. The monoisotopic (exact) mass is 396 g/mol. The predicted molar refractivity (Wildman–Crippen MR) is 75.2 cm³/mol. The van der Waals surface area contributed by atoms with Gasteiger partial charge in [0.15, 0.2) is 0 Å². The van der Waals surface area contributed by atoms with Gasteiger partial charge in [-0.1, -0.05) is 0 Å². The molecule has 8 nitrogen and oxygen atoms in total. The van der Waals surface area contributed by atoms with Crippen LogP contribution in [0.1, 0.15) is 19.6 Å². The number of H-pyrrole nitrogens is 1. The Hall–Kier alpha value is -1.20. The van der Waals surface area contributed by atoms with Crippen molar-refractivity contribution in [3.05, 3.63) is 30.6 Å². The van der Waals surface area contributed by atoms with Crippen molar-refractivity contribution in [2.75, 3.05) is 6.61 Å². The molecule has 1 aliphatic heterocycles. The maximum Gasteiger partial charge on any atom is 0.330 e. The van der Waals surface area contributed by atoms with Crippen LogP contribution in [0.15, 0.2) is 15.8 Å². The van der Waals surface area contributed by atoms with Crippen molar-refractivity contribution in [2.24, 2.45) is 0 Å². The summed E-state index contributed by atoms with van der Waals surface area (Å²) < 4.78 is 12.1. The molecular weight excluding hydrogens is 383 g/mol. The summed E-state index contributed by atoms with van der Waals surface area (Å²) in [6.45, 7) is 0.931. The first kappa shape index (κ1) is 15.2. The second-order valence-corrected chi connectivity index (χ2v) is 5.50. The molecule has 1 aromatic heterocycles. The molecule has 2 N–H and O–H groups in total. The lowest BCUT2D eigenvalue weighted by Crippen LogP contribution is -2.33. The van der Waals surface area contributed by atoms with Gasteiger partial charge in [0.1, 0.15) is 18.4 Å². The summed E-state index contributed by atoms with van der Waals surface area (Å²) >= 11 is 1.80. The van der Waals surface area contributed by atoms with Crippen molar-refractivity contribution in [1.29, 1.82) is 0 Å². The van der Waals surface area contributed by atoms with E-state index in [0.717, 1.165) is 0 Å². The van der Waals surface area contributed by atoms with Crippen LogP contribution in [0.2, 0.25) is 0 Å². The molecule has 110 valence electrons. The Bertz CT molecular complexity index is 624.